The molecule has 0 aliphatic carbocycles. The highest BCUT2D eigenvalue weighted by atomic mass is 32.3. The SMILES string of the molecule is O=S(=O)(O[Si](c1ccccc1)(c1ccccc1)c1ccccc1)O[Si](c1ccccc1)(c1ccccc1)c1ccccc1. The first-order chi connectivity index (χ1) is 21.0. The highest BCUT2D eigenvalue weighted by molar-refractivity contribution is 7.85. The molecular formula is C36H30O4SSi2. The topological polar surface area (TPSA) is 52.6 Å². The molecule has 0 heterocycles. The lowest BCUT2D eigenvalue weighted by molar-refractivity contribution is 0.400. The molecule has 6 rings (SSSR count). The predicted octanol–water partition coefficient (Wildman–Crippen LogP) is 3.60. The molecule has 0 radical (unpaired) electrons. The fraction of sp³-hybridized carbons (Fsp3) is 0. The molecule has 43 heavy (non-hydrogen) atoms. The molecule has 212 valence electrons. The maximum Gasteiger partial charge on any atom is 0.382 e. The maximum atomic E-state index is 14.7. The molecule has 0 aliphatic rings. The van der Waals surface area contributed by atoms with E-state index in [4.69, 9.17) is 7.74 Å². The smallest absolute Gasteiger partial charge is 0.277 e. The molecule has 0 aliphatic heterocycles. The zero-order valence-corrected chi connectivity index (χ0v) is 26.2. The molecule has 6 aromatic carbocycles. The first-order valence-electron chi connectivity index (χ1n) is 14.0. The second-order valence-corrected chi connectivity index (χ2v) is 18.5. The van der Waals surface area contributed by atoms with Crippen LogP contribution in [0.15, 0.2) is 182 Å². The molecule has 4 nitrogen and oxygen atoms in total. The number of hydrogen-bond acceptors (Lipinski definition) is 4. The third-order valence-electron chi connectivity index (χ3n) is 7.54. The van der Waals surface area contributed by atoms with Gasteiger partial charge < -0.3 is 0 Å². The maximum absolute atomic E-state index is 14.7. The van der Waals surface area contributed by atoms with E-state index in [1.165, 1.54) is 0 Å². The van der Waals surface area contributed by atoms with Crippen LogP contribution in [0.4, 0.5) is 0 Å². The van der Waals surface area contributed by atoms with E-state index in [0.717, 1.165) is 31.1 Å². The van der Waals surface area contributed by atoms with Crippen molar-refractivity contribution < 1.29 is 16.2 Å². The Kier molecular flexibility index (Phi) is 8.33. The quantitative estimate of drug-likeness (QED) is 0.175. The Labute approximate surface area is 255 Å². The predicted molar refractivity (Wildman–Crippen MR) is 179 cm³/mol. The third-order valence-corrected chi connectivity index (χ3v) is 18.0. The minimum Gasteiger partial charge on any atom is -0.277 e. The van der Waals surface area contributed by atoms with Crippen molar-refractivity contribution in [3.63, 3.8) is 0 Å². The van der Waals surface area contributed by atoms with Crippen molar-refractivity contribution in [1.82, 2.24) is 0 Å². The Hall–Kier alpha value is -4.38. The van der Waals surface area contributed by atoms with Crippen molar-refractivity contribution in [3.05, 3.63) is 182 Å². The summed E-state index contributed by atoms with van der Waals surface area (Å²) < 4.78 is 42.7. The molecule has 0 amide bonds. The van der Waals surface area contributed by atoms with Crippen LogP contribution in [0.1, 0.15) is 0 Å². The highest BCUT2D eigenvalue weighted by Crippen LogP contribution is 2.19. The summed E-state index contributed by atoms with van der Waals surface area (Å²) >= 11 is 0. The van der Waals surface area contributed by atoms with Crippen LogP contribution in [-0.2, 0) is 18.1 Å². The van der Waals surface area contributed by atoms with Gasteiger partial charge in [0.05, 0.1) is 0 Å². The van der Waals surface area contributed by atoms with E-state index >= 15 is 0 Å². The van der Waals surface area contributed by atoms with Gasteiger partial charge in [-0.2, -0.15) is 8.42 Å². The van der Waals surface area contributed by atoms with Crippen LogP contribution in [0.25, 0.3) is 0 Å². The summed E-state index contributed by atoms with van der Waals surface area (Å²) in [4.78, 5) is 0. The van der Waals surface area contributed by atoms with Crippen LogP contribution >= 0.6 is 0 Å². The summed E-state index contributed by atoms with van der Waals surface area (Å²) in [5, 5.41) is 4.78. The van der Waals surface area contributed by atoms with Crippen LogP contribution in [0.3, 0.4) is 0 Å². The molecule has 0 saturated heterocycles. The molecular weight excluding hydrogens is 585 g/mol. The lowest BCUT2D eigenvalue weighted by Gasteiger charge is -2.35. The van der Waals surface area contributed by atoms with Crippen LogP contribution in [0, 0.1) is 0 Å². The molecule has 6 aromatic rings. The van der Waals surface area contributed by atoms with Crippen molar-refractivity contribution >= 4 is 58.2 Å². The fourth-order valence-corrected chi connectivity index (χ4v) is 16.8. The van der Waals surface area contributed by atoms with E-state index in [-0.39, 0.29) is 0 Å². The molecule has 0 atom stereocenters. The van der Waals surface area contributed by atoms with Crippen LogP contribution < -0.4 is 31.1 Å². The first-order valence-corrected chi connectivity index (χ1v) is 19.2. The van der Waals surface area contributed by atoms with Gasteiger partial charge in [0.25, 0.3) is 0 Å². The second-order valence-electron chi connectivity index (χ2n) is 10.1. The van der Waals surface area contributed by atoms with E-state index in [2.05, 4.69) is 0 Å². The van der Waals surface area contributed by atoms with Crippen LogP contribution in [-0.4, -0.2) is 25.1 Å². The highest BCUT2D eigenvalue weighted by Gasteiger charge is 2.51. The van der Waals surface area contributed by atoms with Crippen molar-refractivity contribution in [1.29, 1.82) is 0 Å². The standard InChI is InChI=1S/C36H30O4SSi2/c37-41(38,39-42(31-19-7-1-8-20-31,32-21-9-2-10-22-32)33-23-11-3-12-24-33)40-43(34-25-13-4-14-26-34,35-27-15-5-16-28-35)36-29-17-6-18-30-36/h1-30H. The lowest BCUT2D eigenvalue weighted by atomic mass is 10.3. The molecule has 0 N–H and O–H groups in total. The van der Waals surface area contributed by atoms with Gasteiger partial charge in [-0.25, -0.2) is 0 Å². The largest absolute Gasteiger partial charge is 0.382 e. The van der Waals surface area contributed by atoms with Gasteiger partial charge in [-0.3, -0.25) is 7.74 Å². The molecule has 0 aromatic heterocycles. The summed E-state index contributed by atoms with van der Waals surface area (Å²) in [6, 6.07) is 57.8. The van der Waals surface area contributed by atoms with Gasteiger partial charge in [0.15, 0.2) is 0 Å². The van der Waals surface area contributed by atoms with E-state index in [9.17, 15) is 8.42 Å². The van der Waals surface area contributed by atoms with Gasteiger partial charge in [0.2, 0.25) is 0 Å². The molecule has 0 saturated carbocycles. The Morgan fingerprint density at radius 2 is 0.465 bits per heavy atom. The van der Waals surface area contributed by atoms with Gasteiger partial charge >= 0.3 is 27.0 Å². The van der Waals surface area contributed by atoms with Gasteiger partial charge in [-0.15, -0.1) is 0 Å². The Morgan fingerprint density at radius 1 is 0.302 bits per heavy atom. The summed E-state index contributed by atoms with van der Waals surface area (Å²) in [7, 11) is -12.0. The van der Waals surface area contributed by atoms with E-state index in [1.54, 1.807) is 0 Å². The molecule has 0 spiro atoms. The van der Waals surface area contributed by atoms with Crippen LogP contribution in [0.5, 0.6) is 0 Å². The zero-order chi connectivity index (χ0) is 29.6. The Balaban J connectivity index is 1.60. The van der Waals surface area contributed by atoms with E-state index in [0.29, 0.717) is 0 Å². The average molecular weight is 615 g/mol. The normalized spacial score (nSPS) is 12.1. The second kappa shape index (κ2) is 12.5. The Bertz CT molecular complexity index is 1530. The molecule has 7 heteroatoms. The summed E-state index contributed by atoms with van der Waals surface area (Å²) in [5.74, 6) is 0. The van der Waals surface area contributed by atoms with Gasteiger partial charge in [0.1, 0.15) is 0 Å². The van der Waals surface area contributed by atoms with Crippen LogP contribution in [0.2, 0.25) is 0 Å². The molecule has 0 bridgehead atoms. The third kappa shape index (κ3) is 5.69. The Morgan fingerprint density at radius 3 is 0.628 bits per heavy atom. The van der Waals surface area contributed by atoms with E-state index < -0.39 is 27.0 Å². The number of rotatable bonds is 10. The molecule has 0 unspecified atom stereocenters. The van der Waals surface area contributed by atoms with Crippen molar-refractivity contribution in [2.24, 2.45) is 0 Å². The van der Waals surface area contributed by atoms with Crippen molar-refractivity contribution in [2.45, 2.75) is 0 Å². The molecule has 0 fully saturated rings. The zero-order valence-electron chi connectivity index (χ0n) is 23.4. The summed E-state index contributed by atoms with van der Waals surface area (Å²) in [6.07, 6.45) is 0. The average Bonchev–Trinajstić information content (AvgIpc) is 3.08. The van der Waals surface area contributed by atoms with E-state index in [1.807, 2.05) is 182 Å². The van der Waals surface area contributed by atoms with Gasteiger partial charge in [0, 0.05) is 0 Å². The van der Waals surface area contributed by atoms with Crippen molar-refractivity contribution in [2.75, 3.05) is 0 Å². The lowest BCUT2D eigenvalue weighted by Crippen LogP contribution is -2.73. The minimum absolute atomic E-state index is 0.797. The minimum atomic E-state index is -4.66. The summed E-state index contributed by atoms with van der Waals surface area (Å²) in [5.41, 5.74) is 0. The fourth-order valence-electron chi connectivity index (χ4n) is 5.65. The monoisotopic (exact) mass is 614 g/mol. The van der Waals surface area contributed by atoms with Gasteiger partial charge in [-0.05, 0) is 31.1 Å². The number of benzene rings is 6. The number of hydrogen-bond donors (Lipinski definition) is 0. The van der Waals surface area contributed by atoms with Crippen molar-refractivity contribution in [3.8, 4) is 0 Å². The van der Waals surface area contributed by atoms with Gasteiger partial charge in [-0.1, -0.05) is 182 Å². The summed E-state index contributed by atoms with van der Waals surface area (Å²) in [6.45, 7) is 0. The first kappa shape index (κ1) is 28.7.